The molecule has 10 heavy (non-hydrogen) atoms. The highest BCUT2D eigenvalue weighted by molar-refractivity contribution is 9.10. The molecule has 0 spiro atoms. The number of hydrogen-bond acceptors (Lipinski definition) is 1. The maximum Gasteiger partial charge on any atom is 0.0725 e. The lowest BCUT2D eigenvalue weighted by Crippen LogP contribution is -1.79. The van der Waals surface area contributed by atoms with E-state index in [1.807, 2.05) is 0 Å². The molecular weight excluding hydrogens is 192 g/mol. The second kappa shape index (κ2) is 2.36. The van der Waals surface area contributed by atoms with Gasteiger partial charge in [-0.2, -0.15) is 0 Å². The van der Waals surface area contributed by atoms with E-state index in [-0.39, 0.29) is 11.1 Å². The minimum atomic E-state index is -2.05. The molecule has 1 aliphatic heterocycles. The number of fused-ring (bicyclic) bond motifs is 1. The molecule has 0 radical (unpaired) electrons. The molecule has 0 N–H and O–H groups in total. The third kappa shape index (κ3) is 0.976. The van der Waals surface area contributed by atoms with Crippen LogP contribution in [-0.2, 0) is 17.9 Å². The minimum Gasteiger partial charge on any atom is -0.372 e. The van der Waals surface area contributed by atoms with Gasteiger partial charge in [-0.3, -0.25) is 0 Å². The minimum absolute atomic E-state index is 0.247. The smallest absolute Gasteiger partial charge is 0.0725 e. The Bertz CT molecular complexity index is 391. The van der Waals surface area contributed by atoms with Gasteiger partial charge in [0.25, 0.3) is 0 Å². The largest absolute Gasteiger partial charge is 0.372 e. The van der Waals surface area contributed by atoms with Crippen LogP contribution in [0.1, 0.15) is 16.6 Å². The van der Waals surface area contributed by atoms with Crippen LogP contribution in [0.15, 0.2) is 22.7 Å². The van der Waals surface area contributed by atoms with Gasteiger partial charge >= 0.3 is 0 Å². The van der Waals surface area contributed by atoms with Gasteiger partial charge in [-0.05, 0) is 23.3 Å². The Morgan fingerprint density at radius 1 is 1.40 bits per heavy atom. The van der Waals surface area contributed by atoms with Crippen molar-refractivity contribution in [3.05, 3.63) is 33.8 Å². The van der Waals surface area contributed by atoms with Crippen LogP contribution >= 0.6 is 15.9 Å². The van der Waals surface area contributed by atoms with E-state index in [1.165, 1.54) is 6.07 Å². The fourth-order valence-electron chi connectivity index (χ4n) is 0.825. The Hall–Kier alpha value is -0.340. The molecule has 2 heteroatoms. The normalized spacial score (nSPS) is 31.3. The van der Waals surface area contributed by atoms with E-state index in [2.05, 4.69) is 15.9 Å². The number of rotatable bonds is 0. The summed E-state index contributed by atoms with van der Waals surface area (Å²) in [6.45, 7) is -4.10. The molecule has 0 aromatic heterocycles. The summed E-state index contributed by atoms with van der Waals surface area (Å²) in [5.74, 6) is 0. The monoisotopic (exact) mass is 202 g/mol. The van der Waals surface area contributed by atoms with Gasteiger partial charge in [0.1, 0.15) is 0 Å². The van der Waals surface area contributed by atoms with Gasteiger partial charge in [-0.15, -0.1) is 0 Å². The molecule has 1 aromatic carbocycles. The molecule has 0 saturated heterocycles. The topological polar surface area (TPSA) is 9.23 Å². The molecule has 0 saturated carbocycles. The zero-order valence-corrected chi connectivity index (χ0v) is 6.60. The molecule has 2 rings (SSSR count). The van der Waals surface area contributed by atoms with Crippen molar-refractivity contribution in [1.82, 2.24) is 0 Å². The Kier molecular flexibility index (Phi) is 0.797. The summed E-state index contributed by atoms with van der Waals surface area (Å²) in [5, 5.41) is 0. The first-order valence-corrected chi connectivity index (χ1v) is 3.63. The summed E-state index contributed by atoms with van der Waals surface area (Å²) in [4.78, 5) is 0. The van der Waals surface area contributed by atoms with Crippen LogP contribution in [-0.4, -0.2) is 0 Å². The van der Waals surface area contributed by atoms with Crippen LogP contribution in [0.25, 0.3) is 0 Å². The van der Waals surface area contributed by atoms with Crippen molar-refractivity contribution in [3.8, 4) is 0 Å². The van der Waals surface area contributed by atoms with Crippen LogP contribution in [0.2, 0.25) is 0 Å². The second-order valence-electron chi connectivity index (χ2n) is 2.00. The molecule has 1 aromatic rings. The van der Waals surface area contributed by atoms with Crippen molar-refractivity contribution >= 4 is 15.9 Å². The summed E-state index contributed by atoms with van der Waals surface area (Å²) in [6.07, 6.45) is 0. The van der Waals surface area contributed by atoms with Gasteiger partial charge in [0.2, 0.25) is 0 Å². The molecule has 0 unspecified atom stereocenters. The van der Waals surface area contributed by atoms with E-state index in [0.717, 1.165) is 0 Å². The quantitative estimate of drug-likeness (QED) is 0.629. The Balaban J connectivity index is 2.66. The SMILES string of the molecule is [2H]C1([2H])OC([2H])([2H])c2cc(Br)ccc21. The summed E-state index contributed by atoms with van der Waals surface area (Å²) in [7, 11) is 0. The van der Waals surface area contributed by atoms with Crippen molar-refractivity contribution in [2.24, 2.45) is 0 Å². The molecular formula is C8H7BrO. The number of halogens is 1. The van der Waals surface area contributed by atoms with Gasteiger partial charge in [-0.1, -0.05) is 22.0 Å². The maximum absolute atomic E-state index is 7.50. The van der Waals surface area contributed by atoms with Crippen molar-refractivity contribution in [1.29, 1.82) is 0 Å². The highest BCUT2D eigenvalue weighted by Gasteiger charge is 2.09. The first kappa shape index (κ1) is 3.37. The van der Waals surface area contributed by atoms with E-state index in [1.54, 1.807) is 12.1 Å². The zero-order chi connectivity index (χ0) is 10.6. The Labute approximate surface area is 73.8 Å². The molecule has 1 nitrogen and oxygen atoms in total. The zero-order valence-electron chi connectivity index (χ0n) is 9.02. The summed E-state index contributed by atoms with van der Waals surface area (Å²) < 4.78 is 35.4. The average Bonchev–Trinajstić information content (AvgIpc) is 2.17. The maximum atomic E-state index is 7.50. The fourth-order valence-corrected chi connectivity index (χ4v) is 1.19. The third-order valence-corrected chi connectivity index (χ3v) is 1.80. The Morgan fingerprint density at radius 2 is 2.20 bits per heavy atom. The molecule has 0 fully saturated rings. The highest BCUT2D eigenvalue weighted by atomic mass is 79.9. The molecule has 1 aliphatic rings. The van der Waals surface area contributed by atoms with Crippen LogP contribution in [0, 0.1) is 0 Å². The van der Waals surface area contributed by atoms with Gasteiger partial charge in [-0.25, -0.2) is 0 Å². The first-order valence-electron chi connectivity index (χ1n) is 4.84. The van der Waals surface area contributed by atoms with Crippen LogP contribution in [0.3, 0.4) is 0 Å². The molecule has 0 aliphatic carbocycles. The number of ether oxygens (including phenoxy) is 1. The van der Waals surface area contributed by atoms with Gasteiger partial charge in [0.15, 0.2) is 0 Å². The van der Waals surface area contributed by atoms with Gasteiger partial charge in [0, 0.05) is 4.47 Å². The second-order valence-corrected chi connectivity index (χ2v) is 2.91. The third-order valence-electron chi connectivity index (χ3n) is 1.30. The van der Waals surface area contributed by atoms with E-state index in [9.17, 15) is 0 Å². The van der Waals surface area contributed by atoms with Crippen LogP contribution in [0.5, 0.6) is 0 Å². The molecule has 1 heterocycles. The van der Waals surface area contributed by atoms with Crippen molar-refractivity contribution < 1.29 is 10.2 Å². The summed E-state index contributed by atoms with van der Waals surface area (Å²) >= 11 is 3.21. The number of hydrogen-bond donors (Lipinski definition) is 0. The molecule has 0 atom stereocenters. The Morgan fingerprint density at radius 3 is 3.10 bits per heavy atom. The predicted molar refractivity (Wildman–Crippen MR) is 42.6 cm³/mol. The summed E-state index contributed by atoms with van der Waals surface area (Å²) in [6, 6.07) is 4.74. The molecule has 0 amide bonds. The predicted octanol–water partition coefficient (Wildman–Crippen LogP) is 2.48. The van der Waals surface area contributed by atoms with Crippen molar-refractivity contribution in [3.63, 3.8) is 0 Å². The fraction of sp³-hybridized carbons (Fsp3) is 0.250. The lowest BCUT2D eigenvalue weighted by Gasteiger charge is -1.94. The lowest BCUT2D eigenvalue weighted by atomic mass is 10.1. The van der Waals surface area contributed by atoms with Gasteiger partial charge < -0.3 is 4.74 Å². The van der Waals surface area contributed by atoms with Crippen molar-refractivity contribution in [2.45, 2.75) is 13.1 Å². The van der Waals surface area contributed by atoms with E-state index in [0.29, 0.717) is 4.47 Å². The lowest BCUT2D eigenvalue weighted by molar-refractivity contribution is 0.134. The van der Waals surface area contributed by atoms with E-state index >= 15 is 0 Å². The highest BCUT2D eigenvalue weighted by Crippen LogP contribution is 2.22. The van der Waals surface area contributed by atoms with Crippen LogP contribution in [0.4, 0.5) is 0 Å². The molecule has 0 bridgehead atoms. The van der Waals surface area contributed by atoms with Crippen molar-refractivity contribution in [2.75, 3.05) is 0 Å². The average molecular weight is 203 g/mol. The summed E-state index contributed by atoms with van der Waals surface area (Å²) in [5.41, 5.74) is 0.502. The standard InChI is InChI=1S/C8H7BrO/c9-8-2-1-6-4-10-5-7(6)3-8/h1-3H,4-5H2/i4D2,5D2. The van der Waals surface area contributed by atoms with Gasteiger partial charge in [0.05, 0.1) is 18.6 Å². The van der Waals surface area contributed by atoms with E-state index < -0.39 is 13.1 Å². The first-order chi connectivity index (χ1) is 6.33. The van der Waals surface area contributed by atoms with E-state index in [4.69, 9.17) is 10.2 Å². The number of benzene rings is 1. The van der Waals surface area contributed by atoms with Crippen LogP contribution < -0.4 is 0 Å². The molecule has 52 valence electrons.